The van der Waals surface area contributed by atoms with Gasteiger partial charge in [-0.05, 0) is 18.2 Å². The molecule has 84 valence electrons. The number of carbonyl (C=O) groups excluding carboxylic acids is 1. The number of allylic oxidation sites excluding steroid dienone is 1. The third kappa shape index (κ3) is 2.98. The van der Waals surface area contributed by atoms with E-state index in [4.69, 9.17) is 33.4 Å². The van der Waals surface area contributed by atoms with Crippen molar-refractivity contribution in [2.45, 2.75) is 0 Å². The fourth-order valence-electron chi connectivity index (χ4n) is 0.950. The molecule has 0 radical (unpaired) electrons. The van der Waals surface area contributed by atoms with Crippen LogP contribution in [-0.2, 0) is 4.79 Å². The van der Waals surface area contributed by atoms with Gasteiger partial charge in [0.2, 0.25) is 5.76 Å². The molecule has 0 fully saturated rings. The molecule has 4 nitrogen and oxygen atoms in total. The third-order valence-electron chi connectivity index (χ3n) is 1.68. The van der Waals surface area contributed by atoms with Gasteiger partial charge >= 0.3 is 5.97 Å². The molecule has 0 saturated heterocycles. The quantitative estimate of drug-likeness (QED) is 0.498. The van der Waals surface area contributed by atoms with Crippen LogP contribution in [0.15, 0.2) is 30.0 Å². The lowest BCUT2D eigenvalue weighted by atomic mass is 10.1. The normalized spacial score (nSPS) is 11.2. The molecule has 1 aromatic rings. The maximum absolute atomic E-state index is 11.5. The van der Waals surface area contributed by atoms with Crippen molar-refractivity contribution >= 4 is 35.0 Å². The van der Waals surface area contributed by atoms with E-state index >= 15 is 0 Å². The number of carboxylic acids is 1. The number of aliphatic hydroxyl groups excluding tert-OH is 1. The van der Waals surface area contributed by atoms with Crippen molar-refractivity contribution in [1.29, 1.82) is 0 Å². The zero-order valence-electron chi connectivity index (χ0n) is 7.78. The van der Waals surface area contributed by atoms with E-state index in [0.717, 1.165) is 0 Å². The van der Waals surface area contributed by atoms with Gasteiger partial charge in [-0.2, -0.15) is 0 Å². The molecule has 0 aliphatic rings. The second-order valence-electron chi connectivity index (χ2n) is 2.82. The van der Waals surface area contributed by atoms with Crippen LogP contribution in [0.25, 0.3) is 0 Å². The van der Waals surface area contributed by atoms with Crippen LogP contribution >= 0.6 is 23.2 Å². The number of carboxylic acid groups (broad SMARTS) is 1. The molecule has 0 aromatic heterocycles. The van der Waals surface area contributed by atoms with Gasteiger partial charge in [-0.1, -0.05) is 23.2 Å². The standard InChI is InChI=1S/C10H6Cl2O4/c11-5-1-2-7(12)6(3-5)8(13)4-9(14)10(15)16/h1-4,14H,(H,15,16)/b9-4+. The highest BCUT2D eigenvalue weighted by atomic mass is 35.5. The minimum atomic E-state index is -1.59. The Bertz CT molecular complexity index is 480. The number of aliphatic hydroxyl groups is 1. The van der Waals surface area contributed by atoms with Crippen molar-refractivity contribution in [3.8, 4) is 0 Å². The number of hydrogen-bond donors (Lipinski definition) is 2. The molecule has 1 rings (SSSR count). The van der Waals surface area contributed by atoms with Crippen LogP contribution in [-0.4, -0.2) is 22.0 Å². The molecule has 0 heterocycles. The van der Waals surface area contributed by atoms with E-state index in [2.05, 4.69) is 0 Å². The molecule has 0 atom stereocenters. The summed E-state index contributed by atoms with van der Waals surface area (Å²) >= 11 is 11.4. The topological polar surface area (TPSA) is 74.6 Å². The van der Waals surface area contributed by atoms with E-state index in [1.165, 1.54) is 18.2 Å². The molecule has 0 aliphatic heterocycles. The molecular weight excluding hydrogens is 255 g/mol. The van der Waals surface area contributed by atoms with Crippen LogP contribution in [0.5, 0.6) is 0 Å². The van der Waals surface area contributed by atoms with Crippen LogP contribution in [0, 0.1) is 0 Å². The molecule has 1 aromatic carbocycles. The Morgan fingerprint density at radius 2 is 1.81 bits per heavy atom. The summed E-state index contributed by atoms with van der Waals surface area (Å²) in [6.45, 7) is 0. The number of benzene rings is 1. The van der Waals surface area contributed by atoms with E-state index in [9.17, 15) is 9.59 Å². The van der Waals surface area contributed by atoms with Crippen LogP contribution in [0.4, 0.5) is 0 Å². The second kappa shape index (κ2) is 5.01. The average Bonchev–Trinajstić information content (AvgIpc) is 2.21. The largest absolute Gasteiger partial charge is 0.502 e. The van der Waals surface area contributed by atoms with E-state index in [0.29, 0.717) is 6.08 Å². The summed E-state index contributed by atoms with van der Waals surface area (Å²) in [4.78, 5) is 21.8. The Balaban J connectivity index is 3.10. The van der Waals surface area contributed by atoms with Gasteiger partial charge in [0, 0.05) is 16.7 Å². The first-order chi connectivity index (χ1) is 7.41. The van der Waals surface area contributed by atoms with Gasteiger partial charge in [0.25, 0.3) is 0 Å². The van der Waals surface area contributed by atoms with Crippen molar-refractivity contribution < 1.29 is 19.8 Å². The number of rotatable bonds is 3. The van der Waals surface area contributed by atoms with Crippen LogP contribution in [0.3, 0.4) is 0 Å². The number of hydrogen-bond acceptors (Lipinski definition) is 3. The Labute approximate surface area is 101 Å². The van der Waals surface area contributed by atoms with Crippen molar-refractivity contribution in [3.05, 3.63) is 45.6 Å². The summed E-state index contributed by atoms with van der Waals surface area (Å²) in [5.41, 5.74) is 0.0296. The van der Waals surface area contributed by atoms with Crippen LogP contribution in [0.2, 0.25) is 10.0 Å². The minimum absolute atomic E-state index is 0.0296. The number of carbonyl (C=O) groups is 2. The molecule has 6 heteroatoms. The van der Waals surface area contributed by atoms with Crippen molar-refractivity contribution in [1.82, 2.24) is 0 Å². The molecule has 0 aliphatic carbocycles. The zero-order chi connectivity index (χ0) is 12.3. The smallest absolute Gasteiger partial charge is 0.371 e. The summed E-state index contributed by atoms with van der Waals surface area (Å²) in [5, 5.41) is 17.7. The lowest BCUT2D eigenvalue weighted by Crippen LogP contribution is -2.04. The lowest BCUT2D eigenvalue weighted by Gasteiger charge is -2.00. The summed E-state index contributed by atoms with van der Waals surface area (Å²) in [7, 11) is 0. The van der Waals surface area contributed by atoms with Gasteiger partial charge in [0.15, 0.2) is 5.78 Å². The summed E-state index contributed by atoms with van der Waals surface area (Å²) < 4.78 is 0. The second-order valence-corrected chi connectivity index (χ2v) is 3.67. The molecule has 0 unspecified atom stereocenters. The van der Waals surface area contributed by atoms with Gasteiger partial charge in [-0.25, -0.2) is 4.79 Å². The minimum Gasteiger partial charge on any atom is -0.502 e. The molecular formula is C10H6Cl2O4. The Morgan fingerprint density at radius 3 is 2.38 bits per heavy atom. The number of halogens is 2. The first kappa shape index (κ1) is 12.5. The highest BCUT2D eigenvalue weighted by molar-refractivity contribution is 6.36. The SMILES string of the molecule is O=C(O)/C(O)=C\C(=O)c1cc(Cl)ccc1Cl. The first-order valence-electron chi connectivity index (χ1n) is 4.05. The maximum atomic E-state index is 11.5. The van der Waals surface area contributed by atoms with Crippen molar-refractivity contribution in [2.24, 2.45) is 0 Å². The van der Waals surface area contributed by atoms with Crippen LogP contribution < -0.4 is 0 Å². The Kier molecular flexibility index (Phi) is 3.93. The Morgan fingerprint density at radius 1 is 1.19 bits per heavy atom. The summed E-state index contributed by atoms with van der Waals surface area (Å²) in [6.07, 6.45) is 0.569. The summed E-state index contributed by atoms with van der Waals surface area (Å²) in [6, 6.07) is 4.18. The van der Waals surface area contributed by atoms with Crippen molar-refractivity contribution in [2.75, 3.05) is 0 Å². The predicted molar refractivity (Wildman–Crippen MR) is 59.1 cm³/mol. The van der Waals surface area contributed by atoms with Gasteiger partial charge in [-0.15, -0.1) is 0 Å². The van der Waals surface area contributed by atoms with Crippen molar-refractivity contribution in [3.63, 3.8) is 0 Å². The van der Waals surface area contributed by atoms with E-state index < -0.39 is 17.5 Å². The van der Waals surface area contributed by atoms with Gasteiger partial charge in [0.1, 0.15) is 0 Å². The maximum Gasteiger partial charge on any atom is 0.371 e. The Hall–Kier alpha value is -1.52. The summed E-state index contributed by atoms with van der Waals surface area (Å²) in [5.74, 6) is -3.38. The first-order valence-corrected chi connectivity index (χ1v) is 4.80. The molecule has 0 spiro atoms. The predicted octanol–water partition coefficient (Wildman–Crippen LogP) is 2.70. The molecule has 0 amide bonds. The molecule has 0 saturated carbocycles. The van der Waals surface area contributed by atoms with Crippen LogP contribution in [0.1, 0.15) is 10.4 Å². The van der Waals surface area contributed by atoms with E-state index in [-0.39, 0.29) is 15.6 Å². The third-order valence-corrected chi connectivity index (χ3v) is 2.25. The molecule has 16 heavy (non-hydrogen) atoms. The number of aliphatic carboxylic acids is 1. The van der Waals surface area contributed by atoms with Gasteiger partial charge < -0.3 is 10.2 Å². The average molecular weight is 261 g/mol. The fraction of sp³-hybridized carbons (Fsp3) is 0. The number of ketones is 1. The molecule has 2 N–H and O–H groups in total. The lowest BCUT2D eigenvalue weighted by molar-refractivity contribution is -0.135. The highest BCUT2D eigenvalue weighted by Gasteiger charge is 2.12. The fourth-order valence-corrected chi connectivity index (χ4v) is 1.33. The molecule has 0 bridgehead atoms. The monoisotopic (exact) mass is 260 g/mol. The van der Waals surface area contributed by atoms with Gasteiger partial charge in [0.05, 0.1) is 5.02 Å². The van der Waals surface area contributed by atoms with E-state index in [1.807, 2.05) is 0 Å². The van der Waals surface area contributed by atoms with Gasteiger partial charge in [-0.3, -0.25) is 4.79 Å². The van der Waals surface area contributed by atoms with E-state index in [1.54, 1.807) is 0 Å². The zero-order valence-corrected chi connectivity index (χ0v) is 9.29. The highest BCUT2D eigenvalue weighted by Crippen LogP contribution is 2.21.